The van der Waals surface area contributed by atoms with Gasteiger partial charge in [0.2, 0.25) is 0 Å². The van der Waals surface area contributed by atoms with Crippen molar-refractivity contribution < 1.29 is 10.2 Å². The third-order valence-corrected chi connectivity index (χ3v) is 2.95. The molecule has 4 heteroatoms. The van der Waals surface area contributed by atoms with Crippen molar-refractivity contribution in [2.24, 2.45) is 5.73 Å². The lowest BCUT2D eigenvalue weighted by Gasteiger charge is -2.20. The van der Waals surface area contributed by atoms with Gasteiger partial charge in [0.1, 0.15) is 5.75 Å². The van der Waals surface area contributed by atoms with E-state index in [4.69, 9.17) is 17.3 Å². The quantitative estimate of drug-likeness (QED) is 0.745. The van der Waals surface area contributed by atoms with E-state index in [9.17, 15) is 10.2 Å². The van der Waals surface area contributed by atoms with Gasteiger partial charge in [-0.05, 0) is 12.5 Å². The minimum absolute atomic E-state index is 0.0350. The van der Waals surface area contributed by atoms with E-state index in [1.807, 2.05) is 0 Å². The van der Waals surface area contributed by atoms with Crippen LogP contribution in [-0.4, -0.2) is 16.3 Å². The highest BCUT2D eigenvalue weighted by atomic mass is 35.5. The van der Waals surface area contributed by atoms with E-state index in [1.54, 1.807) is 18.2 Å². The highest BCUT2D eigenvalue weighted by molar-refractivity contribution is 6.32. The van der Waals surface area contributed by atoms with Crippen LogP contribution < -0.4 is 5.73 Å². The van der Waals surface area contributed by atoms with E-state index in [0.717, 1.165) is 12.8 Å². The fourth-order valence-electron chi connectivity index (χ4n) is 1.60. The first-order valence-electron chi connectivity index (χ1n) is 5.49. The maximum atomic E-state index is 9.84. The number of halogens is 1. The largest absolute Gasteiger partial charge is 0.506 e. The Morgan fingerprint density at radius 2 is 2.12 bits per heavy atom. The molecular weight excluding hydrogens is 226 g/mol. The second-order valence-electron chi connectivity index (χ2n) is 3.91. The van der Waals surface area contributed by atoms with Gasteiger partial charge in [-0.3, -0.25) is 0 Å². The van der Waals surface area contributed by atoms with Gasteiger partial charge in [-0.25, -0.2) is 0 Å². The Morgan fingerprint density at radius 3 is 2.75 bits per heavy atom. The molecule has 0 saturated heterocycles. The smallest absolute Gasteiger partial charge is 0.139 e. The predicted molar refractivity (Wildman–Crippen MR) is 65.6 cm³/mol. The number of unbranched alkanes of at least 4 members (excludes halogenated alkanes) is 1. The number of para-hydroxylation sites is 1. The van der Waals surface area contributed by atoms with Crippen LogP contribution in [0.5, 0.6) is 5.75 Å². The van der Waals surface area contributed by atoms with Crippen molar-refractivity contribution in [2.45, 2.75) is 38.3 Å². The normalized spacial score (nSPS) is 14.8. The Labute approximate surface area is 101 Å². The summed E-state index contributed by atoms with van der Waals surface area (Å²) in [5.41, 5.74) is 6.38. The highest BCUT2D eigenvalue weighted by Crippen LogP contribution is 2.32. The van der Waals surface area contributed by atoms with Crippen molar-refractivity contribution in [3.05, 3.63) is 28.8 Å². The summed E-state index contributed by atoms with van der Waals surface area (Å²) in [5, 5.41) is 19.8. The maximum absolute atomic E-state index is 9.84. The van der Waals surface area contributed by atoms with Crippen LogP contribution in [0.15, 0.2) is 18.2 Å². The van der Waals surface area contributed by atoms with E-state index >= 15 is 0 Å². The summed E-state index contributed by atoms with van der Waals surface area (Å²) in [4.78, 5) is 0. The van der Waals surface area contributed by atoms with Gasteiger partial charge in [0.15, 0.2) is 0 Å². The molecule has 0 spiro atoms. The van der Waals surface area contributed by atoms with E-state index in [2.05, 4.69) is 6.92 Å². The molecule has 0 aliphatic heterocycles. The fourth-order valence-corrected chi connectivity index (χ4v) is 1.78. The minimum Gasteiger partial charge on any atom is -0.506 e. The molecule has 4 N–H and O–H groups in total. The third kappa shape index (κ3) is 3.11. The van der Waals surface area contributed by atoms with Crippen molar-refractivity contribution in [2.75, 3.05) is 0 Å². The molecule has 1 aromatic carbocycles. The summed E-state index contributed by atoms with van der Waals surface area (Å²) in [5.74, 6) is -0.0350. The predicted octanol–water partition coefficient (Wildman–Crippen LogP) is 2.60. The Bertz CT molecular complexity index is 344. The molecule has 0 fully saturated rings. The zero-order valence-corrected chi connectivity index (χ0v) is 10.1. The zero-order chi connectivity index (χ0) is 12.1. The maximum Gasteiger partial charge on any atom is 0.139 e. The number of aromatic hydroxyl groups is 1. The first-order chi connectivity index (χ1) is 7.57. The van der Waals surface area contributed by atoms with Crippen LogP contribution in [0.1, 0.15) is 37.8 Å². The molecule has 0 aliphatic rings. The summed E-state index contributed by atoms with van der Waals surface area (Å²) in [6.45, 7) is 2.05. The van der Waals surface area contributed by atoms with E-state index in [0.29, 0.717) is 12.0 Å². The number of aliphatic hydroxyl groups excluding tert-OH is 1. The fraction of sp³-hybridized carbons (Fsp3) is 0.500. The first kappa shape index (κ1) is 13.3. The van der Waals surface area contributed by atoms with Crippen molar-refractivity contribution in [1.29, 1.82) is 0 Å². The molecule has 0 unspecified atom stereocenters. The standard InChI is InChI=1S/C12H18ClNO2/c1-2-3-7-10(15)11(14)8-5-4-6-9(13)12(8)16/h4-6,10-11,15-16H,2-3,7,14H2,1H3/t10-,11+/m0/s1. The van der Waals surface area contributed by atoms with Crippen molar-refractivity contribution in [1.82, 2.24) is 0 Å². The van der Waals surface area contributed by atoms with Crippen LogP contribution in [0.3, 0.4) is 0 Å². The monoisotopic (exact) mass is 243 g/mol. The molecular formula is C12H18ClNO2. The summed E-state index contributed by atoms with van der Waals surface area (Å²) in [6.07, 6.45) is 1.90. The molecule has 1 rings (SSSR count). The third-order valence-electron chi connectivity index (χ3n) is 2.65. The van der Waals surface area contributed by atoms with Crippen molar-refractivity contribution in [3.8, 4) is 5.75 Å². The highest BCUT2D eigenvalue weighted by Gasteiger charge is 2.20. The van der Waals surface area contributed by atoms with Gasteiger partial charge in [-0.15, -0.1) is 0 Å². The first-order valence-corrected chi connectivity index (χ1v) is 5.86. The van der Waals surface area contributed by atoms with E-state index in [-0.39, 0.29) is 10.8 Å². The second kappa shape index (κ2) is 6.09. The zero-order valence-electron chi connectivity index (χ0n) is 9.36. The number of rotatable bonds is 5. The van der Waals surface area contributed by atoms with Gasteiger partial charge in [0.05, 0.1) is 17.2 Å². The average molecular weight is 244 g/mol. The molecule has 2 atom stereocenters. The van der Waals surface area contributed by atoms with E-state index in [1.165, 1.54) is 0 Å². The van der Waals surface area contributed by atoms with Crippen LogP contribution in [0.2, 0.25) is 5.02 Å². The van der Waals surface area contributed by atoms with Crippen LogP contribution in [0, 0.1) is 0 Å². The van der Waals surface area contributed by atoms with Crippen molar-refractivity contribution >= 4 is 11.6 Å². The average Bonchev–Trinajstić information content (AvgIpc) is 2.28. The van der Waals surface area contributed by atoms with Crippen LogP contribution in [0.4, 0.5) is 0 Å². The number of hydrogen-bond acceptors (Lipinski definition) is 3. The number of aliphatic hydroxyl groups is 1. The molecule has 90 valence electrons. The molecule has 0 heterocycles. The minimum atomic E-state index is -0.649. The van der Waals surface area contributed by atoms with Crippen LogP contribution in [-0.2, 0) is 0 Å². The molecule has 0 radical (unpaired) electrons. The molecule has 0 aliphatic carbocycles. The summed E-state index contributed by atoms with van der Waals surface area (Å²) >= 11 is 5.78. The summed E-state index contributed by atoms with van der Waals surface area (Å²) < 4.78 is 0. The van der Waals surface area contributed by atoms with Gasteiger partial charge < -0.3 is 15.9 Å². The number of phenols is 1. The number of benzene rings is 1. The van der Waals surface area contributed by atoms with Gasteiger partial charge in [-0.1, -0.05) is 43.5 Å². The van der Waals surface area contributed by atoms with Gasteiger partial charge in [-0.2, -0.15) is 0 Å². The van der Waals surface area contributed by atoms with Crippen LogP contribution >= 0.6 is 11.6 Å². The SMILES string of the molecule is CCCC[C@H](O)[C@H](N)c1cccc(Cl)c1O. The summed E-state index contributed by atoms with van der Waals surface area (Å²) in [7, 11) is 0. The Kier molecular flexibility index (Phi) is 5.06. The van der Waals surface area contributed by atoms with Crippen LogP contribution in [0.25, 0.3) is 0 Å². The Morgan fingerprint density at radius 1 is 1.44 bits per heavy atom. The van der Waals surface area contributed by atoms with Gasteiger partial charge in [0.25, 0.3) is 0 Å². The molecule has 1 aromatic rings. The lowest BCUT2D eigenvalue weighted by Crippen LogP contribution is -2.26. The summed E-state index contributed by atoms with van der Waals surface area (Å²) in [6, 6.07) is 4.39. The molecule has 0 amide bonds. The van der Waals surface area contributed by atoms with Gasteiger partial charge >= 0.3 is 0 Å². The molecule has 16 heavy (non-hydrogen) atoms. The van der Waals surface area contributed by atoms with E-state index < -0.39 is 12.1 Å². The molecule has 0 saturated carbocycles. The molecule has 3 nitrogen and oxygen atoms in total. The van der Waals surface area contributed by atoms with Crippen molar-refractivity contribution in [3.63, 3.8) is 0 Å². The number of hydrogen-bond donors (Lipinski definition) is 3. The number of nitrogens with two attached hydrogens (primary N) is 1. The topological polar surface area (TPSA) is 66.5 Å². The Balaban J connectivity index is 2.79. The molecule has 0 bridgehead atoms. The van der Waals surface area contributed by atoms with Gasteiger partial charge in [0, 0.05) is 5.56 Å². The lowest BCUT2D eigenvalue weighted by atomic mass is 9.98. The number of phenolic OH excluding ortho intramolecular Hbond substituents is 1. The second-order valence-corrected chi connectivity index (χ2v) is 4.32. The Hall–Kier alpha value is -0.770. The lowest BCUT2D eigenvalue weighted by molar-refractivity contribution is 0.131. The molecule has 0 aromatic heterocycles.